The largest absolute Gasteiger partial charge is 0.481 e. The Morgan fingerprint density at radius 1 is 1.61 bits per heavy atom. The molecule has 0 saturated carbocycles. The van der Waals surface area contributed by atoms with Gasteiger partial charge in [0.1, 0.15) is 11.4 Å². The van der Waals surface area contributed by atoms with E-state index >= 15 is 0 Å². The summed E-state index contributed by atoms with van der Waals surface area (Å²) in [5, 5.41) is 9.83. The topological polar surface area (TPSA) is 76.0 Å². The first-order valence-electron chi connectivity index (χ1n) is 4.87. The van der Waals surface area contributed by atoms with Crippen LogP contribution < -0.4 is 0 Å². The van der Waals surface area contributed by atoms with Gasteiger partial charge in [-0.3, -0.25) is 4.79 Å². The molecule has 0 fully saturated rings. The van der Waals surface area contributed by atoms with Crippen molar-refractivity contribution in [3.05, 3.63) is 28.1 Å². The highest BCUT2D eigenvalue weighted by Crippen LogP contribution is 2.34. The van der Waals surface area contributed by atoms with Crippen molar-refractivity contribution in [1.82, 2.24) is 15.0 Å². The zero-order chi connectivity index (χ0) is 13.1. The van der Waals surface area contributed by atoms with Crippen LogP contribution in [0, 0.1) is 6.92 Å². The van der Waals surface area contributed by atoms with Gasteiger partial charge in [-0.2, -0.15) is 0 Å². The van der Waals surface area contributed by atoms with Crippen LogP contribution in [0.4, 0.5) is 0 Å². The molecular formula is C10H8ClN3O2S2. The molecule has 94 valence electrons. The standard InChI is InChI=1S/C10H8ClN3O2S2/c1-5-7(2-8(15)16)17-10(14-5)18-9-6(11)3-12-4-13-9/h3-4H,2H2,1H3,(H,15,16). The number of hydrogen-bond acceptors (Lipinski definition) is 6. The fourth-order valence-corrected chi connectivity index (χ4v) is 3.51. The van der Waals surface area contributed by atoms with E-state index < -0.39 is 5.97 Å². The minimum absolute atomic E-state index is 0.0123. The SMILES string of the molecule is Cc1nc(Sc2ncncc2Cl)sc1CC(=O)O. The molecule has 2 aromatic rings. The first kappa shape index (κ1) is 13.3. The average molecular weight is 302 g/mol. The van der Waals surface area contributed by atoms with E-state index in [1.54, 1.807) is 6.92 Å². The van der Waals surface area contributed by atoms with Gasteiger partial charge in [0.25, 0.3) is 0 Å². The van der Waals surface area contributed by atoms with E-state index in [1.165, 1.54) is 35.6 Å². The number of thiazole rings is 1. The summed E-state index contributed by atoms with van der Waals surface area (Å²) in [4.78, 5) is 23.6. The third-order valence-corrected chi connectivity index (χ3v) is 4.63. The summed E-state index contributed by atoms with van der Waals surface area (Å²) in [6, 6.07) is 0. The maximum absolute atomic E-state index is 10.7. The Labute approximate surface area is 116 Å². The first-order chi connectivity index (χ1) is 8.56. The number of aryl methyl sites for hydroxylation is 1. The Hall–Kier alpha value is -1.18. The lowest BCUT2D eigenvalue weighted by Crippen LogP contribution is -1.99. The maximum Gasteiger partial charge on any atom is 0.308 e. The first-order valence-corrected chi connectivity index (χ1v) is 6.89. The second kappa shape index (κ2) is 5.64. The lowest BCUT2D eigenvalue weighted by Gasteiger charge is -1.97. The highest BCUT2D eigenvalue weighted by molar-refractivity contribution is 8.01. The smallest absolute Gasteiger partial charge is 0.308 e. The molecule has 0 atom stereocenters. The van der Waals surface area contributed by atoms with Crippen LogP contribution in [-0.2, 0) is 11.2 Å². The monoisotopic (exact) mass is 301 g/mol. The molecule has 0 amide bonds. The minimum Gasteiger partial charge on any atom is -0.481 e. The molecule has 0 aliphatic heterocycles. The molecule has 0 aliphatic rings. The van der Waals surface area contributed by atoms with E-state index in [4.69, 9.17) is 16.7 Å². The lowest BCUT2D eigenvalue weighted by atomic mass is 10.3. The van der Waals surface area contributed by atoms with Crippen molar-refractivity contribution < 1.29 is 9.90 Å². The van der Waals surface area contributed by atoms with Crippen LogP contribution in [0.3, 0.4) is 0 Å². The highest BCUT2D eigenvalue weighted by atomic mass is 35.5. The van der Waals surface area contributed by atoms with E-state index in [2.05, 4.69) is 15.0 Å². The van der Waals surface area contributed by atoms with Crippen molar-refractivity contribution in [3.63, 3.8) is 0 Å². The third-order valence-electron chi connectivity index (χ3n) is 2.00. The molecule has 2 heterocycles. The second-order valence-corrected chi connectivity index (χ2v) is 6.06. The predicted octanol–water partition coefficient (Wildman–Crippen LogP) is 2.67. The second-order valence-electron chi connectivity index (χ2n) is 3.34. The molecule has 0 aliphatic carbocycles. The van der Waals surface area contributed by atoms with Crippen molar-refractivity contribution >= 4 is 40.7 Å². The summed E-state index contributed by atoms with van der Waals surface area (Å²) in [7, 11) is 0. The van der Waals surface area contributed by atoms with Crippen molar-refractivity contribution in [2.45, 2.75) is 22.7 Å². The van der Waals surface area contributed by atoms with Gasteiger partial charge in [0.15, 0.2) is 4.34 Å². The molecule has 8 heteroatoms. The van der Waals surface area contributed by atoms with Crippen LogP contribution >= 0.6 is 34.7 Å². The lowest BCUT2D eigenvalue weighted by molar-refractivity contribution is -0.136. The van der Waals surface area contributed by atoms with E-state index in [1.807, 2.05) is 0 Å². The summed E-state index contributed by atoms with van der Waals surface area (Å²) in [6.07, 6.45) is 2.91. The van der Waals surface area contributed by atoms with Gasteiger partial charge in [0.05, 0.1) is 23.3 Å². The Morgan fingerprint density at radius 3 is 3.06 bits per heavy atom. The van der Waals surface area contributed by atoms with Crippen molar-refractivity contribution in [1.29, 1.82) is 0 Å². The Morgan fingerprint density at radius 2 is 2.39 bits per heavy atom. The van der Waals surface area contributed by atoms with Gasteiger partial charge in [-0.1, -0.05) is 11.6 Å². The molecule has 0 saturated heterocycles. The predicted molar refractivity (Wildman–Crippen MR) is 69.4 cm³/mol. The van der Waals surface area contributed by atoms with Gasteiger partial charge in [-0.25, -0.2) is 15.0 Å². The van der Waals surface area contributed by atoms with Crippen molar-refractivity contribution in [2.24, 2.45) is 0 Å². The number of aliphatic carboxylic acids is 1. The molecule has 0 radical (unpaired) electrons. The summed E-state index contributed by atoms with van der Waals surface area (Å²) >= 11 is 8.59. The van der Waals surface area contributed by atoms with Crippen LogP contribution in [-0.4, -0.2) is 26.0 Å². The van der Waals surface area contributed by atoms with Crippen LogP contribution in [0.25, 0.3) is 0 Å². The molecule has 2 aromatic heterocycles. The number of nitrogens with zero attached hydrogens (tertiary/aromatic N) is 3. The van der Waals surface area contributed by atoms with Crippen molar-refractivity contribution in [2.75, 3.05) is 0 Å². The van der Waals surface area contributed by atoms with Gasteiger partial charge in [-0.15, -0.1) is 11.3 Å². The van der Waals surface area contributed by atoms with Gasteiger partial charge >= 0.3 is 5.97 Å². The van der Waals surface area contributed by atoms with Gasteiger partial charge in [0.2, 0.25) is 0 Å². The molecule has 1 N–H and O–H groups in total. The highest BCUT2D eigenvalue weighted by Gasteiger charge is 2.13. The zero-order valence-corrected chi connectivity index (χ0v) is 11.6. The summed E-state index contributed by atoms with van der Waals surface area (Å²) in [6.45, 7) is 1.79. The van der Waals surface area contributed by atoms with Gasteiger partial charge < -0.3 is 5.11 Å². The molecule has 5 nitrogen and oxygen atoms in total. The maximum atomic E-state index is 10.7. The van der Waals surface area contributed by atoms with Crippen molar-refractivity contribution in [3.8, 4) is 0 Å². The number of halogens is 1. The van der Waals surface area contributed by atoms with Gasteiger partial charge in [-0.05, 0) is 18.7 Å². The summed E-state index contributed by atoms with van der Waals surface area (Å²) in [5.74, 6) is -0.863. The molecule has 0 spiro atoms. The minimum atomic E-state index is -0.863. The van der Waals surface area contributed by atoms with E-state index in [9.17, 15) is 4.79 Å². The summed E-state index contributed by atoms with van der Waals surface area (Å²) < 4.78 is 0.726. The quantitative estimate of drug-likeness (QED) is 0.875. The third kappa shape index (κ3) is 3.18. The Balaban J connectivity index is 2.20. The molecular weight excluding hydrogens is 294 g/mol. The van der Waals surface area contributed by atoms with Gasteiger partial charge in [0, 0.05) is 4.88 Å². The van der Waals surface area contributed by atoms with E-state index in [-0.39, 0.29) is 6.42 Å². The zero-order valence-electron chi connectivity index (χ0n) is 9.25. The van der Waals surface area contributed by atoms with E-state index in [0.717, 1.165) is 14.9 Å². The van der Waals surface area contributed by atoms with Crippen LogP contribution in [0.5, 0.6) is 0 Å². The van der Waals surface area contributed by atoms with Crippen LogP contribution in [0.1, 0.15) is 10.6 Å². The number of aromatic nitrogens is 3. The Bertz CT molecular complexity index is 588. The van der Waals surface area contributed by atoms with Crippen LogP contribution in [0.15, 0.2) is 21.9 Å². The molecule has 18 heavy (non-hydrogen) atoms. The fourth-order valence-electron chi connectivity index (χ4n) is 1.21. The van der Waals surface area contributed by atoms with Crippen LogP contribution in [0.2, 0.25) is 5.02 Å². The fraction of sp³-hybridized carbons (Fsp3) is 0.200. The molecule has 2 rings (SSSR count). The normalized spacial score (nSPS) is 10.6. The molecule has 0 aromatic carbocycles. The van der Waals surface area contributed by atoms with E-state index in [0.29, 0.717) is 10.0 Å². The Kier molecular flexibility index (Phi) is 4.15. The number of carboxylic acid groups (broad SMARTS) is 1. The average Bonchev–Trinajstić information content (AvgIpc) is 2.62. The summed E-state index contributed by atoms with van der Waals surface area (Å²) in [5.41, 5.74) is 0.732. The molecule has 0 bridgehead atoms. The number of rotatable bonds is 4. The molecule has 0 unspecified atom stereocenters. The number of carboxylic acids is 1. The number of hydrogen-bond donors (Lipinski definition) is 1. The number of carbonyl (C=O) groups is 1.